The molecule has 0 unspecified atom stereocenters. The van der Waals surface area contributed by atoms with Crippen molar-refractivity contribution >= 4 is 34.4 Å². The lowest BCUT2D eigenvalue weighted by Gasteiger charge is -2.14. The Morgan fingerprint density at radius 3 is 2.55 bits per heavy atom. The molecular formula is C23H18F3N3O4. The lowest BCUT2D eigenvalue weighted by Crippen LogP contribution is -2.26. The second kappa shape index (κ2) is 8.89. The van der Waals surface area contributed by atoms with Gasteiger partial charge in [-0.25, -0.2) is 4.79 Å². The molecule has 2 aromatic carbocycles. The molecule has 1 saturated carbocycles. The van der Waals surface area contributed by atoms with Crippen molar-refractivity contribution in [3.05, 3.63) is 71.4 Å². The van der Waals surface area contributed by atoms with Crippen LogP contribution in [-0.2, 0) is 15.7 Å². The summed E-state index contributed by atoms with van der Waals surface area (Å²) in [5.41, 5.74) is -1.26. The summed E-state index contributed by atoms with van der Waals surface area (Å²) in [5, 5.41) is 5.03. The third-order valence-corrected chi connectivity index (χ3v) is 4.93. The number of carbonyl (C=O) groups is 3. The Hall–Kier alpha value is -3.95. The summed E-state index contributed by atoms with van der Waals surface area (Å²) >= 11 is 0. The van der Waals surface area contributed by atoms with E-state index in [2.05, 4.69) is 15.6 Å². The summed E-state index contributed by atoms with van der Waals surface area (Å²) in [7, 11) is 0. The van der Waals surface area contributed by atoms with Crippen LogP contribution in [0.1, 0.15) is 39.1 Å². The van der Waals surface area contributed by atoms with Gasteiger partial charge in [-0.05, 0) is 37.1 Å². The van der Waals surface area contributed by atoms with Crippen molar-refractivity contribution in [3.63, 3.8) is 0 Å². The zero-order valence-corrected chi connectivity index (χ0v) is 17.1. The van der Waals surface area contributed by atoms with Crippen molar-refractivity contribution in [2.45, 2.75) is 25.1 Å². The zero-order valence-electron chi connectivity index (χ0n) is 17.1. The summed E-state index contributed by atoms with van der Waals surface area (Å²) in [6.07, 6.45) is -2.19. The first kappa shape index (κ1) is 22.3. The van der Waals surface area contributed by atoms with Gasteiger partial charge in [-0.15, -0.1) is 0 Å². The zero-order chi connectivity index (χ0) is 23.6. The van der Waals surface area contributed by atoms with E-state index in [1.54, 1.807) is 12.1 Å². The Kier molecular flexibility index (Phi) is 5.99. The Labute approximate surface area is 185 Å². The minimum Gasteiger partial charge on any atom is -0.452 e. The van der Waals surface area contributed by atoms with Crippen LogP contribution in [0.3, 0.4) is 0 Å². The molecule has 1 aliphatic rings. The number of fused-ring (bicyclic) bond motifs is 1. The number of halogens is 3. The van der Waals surface area contributed by atoms with Crippen LogP contribution >= 0.6 is 0 Å². The average molecular weight is 457 g/mol. The van der Waals surface area contributed by atoms with Crippen LogP contribution in [-0.4, -0.2) is 35.4 Å². The summed E-state index contributed by atoms with van der Waals surface area (Å²) in [4.78, 5) is 40.6. The number of ether oxygens (including phenoxy) is 1. The van der Waals surface area contributed by atoms with E-state index in [1.165, 1.54) is 36.4 Å². The van der Waals surface area contributed by atoms with Gasteiger partial charge in [0.1, 0.15) is 0 Å². The molecular weight excluding hydrogens is 439 g/mol. The van der Waals surface area contributed by atoms with Crippen molar-refractivity contribution in [2.75, 3.05) is 11.9 Å². The number of anilines is 1. The molecule has 0 spiro atoms. The highest BCUT2D eigenvalue weighted by Gasteiger charge is 2.38. The van der Waals surface area contributed by atoms with Gasteiger partial charge in [0, 0.05) is 28.9 Å². The van der Waals surface area contributed by atoms with Gasteiger partial charge in [-0.2, -0.15) is 13.2 Å². The number of nitrogens with one attached hydrogen (secondary N) is 2. The van der Waals surface area contributed by atoms with Crippen molar-refractivity contribution < 1.29 is 32.3 Å². The van der Waals surface area contributed by atoms with Gasteiger partial charge >= 0.3 is 12.1 Å². The minimum atomic E-state index is -4.83. The molecule has 0 atom stereocenters. The number of pyridine rings is 1. The van der Waals surface area contributed by atoms with Gasteiger partial charge < -0.3 is 15.4 Å². The summed E-state index contributed by atoms with van der Waals surface area (Å²) < 4.78 is 45.8. The van der Waals surface area contributed by atoms with E-state index in [4.69, 9.17) is 4.74 Å². The minimum absolute atomic E-state index is 0.0738. The fraction of sp³-hybridized carbons (Fsp3) is 0.217. The van der Waals surface area contributed by atoms with Crippen molar-refractivity contribution in [1.82, 2.24) is 10.3 Å². The van der Waals surface area contributed by atoms with E-state index >= 15 is 0 Å². The fourth-order valence-electron chi connectivity index (χ4n) is 3.24. The quantitative estimate of drug-likeness (QED) is 0.547. The molecule has 2 amide bonds. The Morgan fingerprint density at radius 1 is 1.06 bits per heavy atom. The standard InChI is InChI=1S/C23H18F3N3O4/c24-23(25,26)20-16-6-1-2-7-18(16)27-11-17(20)22(32)33-12-19(30)28-15-5-3-4-13(10-15)21(31)29-14-8-9-14/h1-7,10-11,14H,8-9,12H2,(H,28,30)(H,29,31). The second-order valence-electron chi connectivity index (χ2n) is 7.51. The lowest BCUT2D eigenvalue weighted by atomic mass is 10.0. The maximum absolute atomic E-state index is 13.7. The number of nitrogens with zero attached hydrogens (tertiary/aromatic N) is 1. The highest BCUT2D eigenvalue weighted by atomic mass is 19.4. The van der Waals surface area contributed by atoms with Crippen LogP contribution in [0.25, 0.3) is 10.9 Å². The monoisotopic (exact) mass is 457 g/mol. The van der Waals surface area contributed by atoms with Crippen LogP contribution in [0.2, 0.25) is 0 Å². The highest BCUT2D eigenvalue weighted by molar-refractivity contribution is 6.00. The SMILES string of the molecule is O=C(COC(=O)c1cnc2ccccc2c1C(F)(F)F)Nc1cccc(C(=O)NC2CC2)c1. The van der Waals surface area contributed by atoms with E-state index in [0.29, 0.717) is 5.56 Å². The van der Waals surface area contributed by atoms with Crippen LogP contribution in [0.4, 0.5) is 18.9 Å². The number of alkyl halides is 3. The van der Waals surface area contributed by atoms with Gasteiger partial charge in [-0.3, -0.25) is 14.6 Å². The number of amides is 2. The van der Waals surface area contributed by atoms with E-state index < -0.39 is 35.8 Å². The maximum Gasteiger partial charge on any atom is 0.417 e. The second-order valence-corrected chi connectivity index (χ2v) is 7.51. The molecule has 4 rings (SSSR count). The molecule has 1 aliphatic carbocycles. The predicted octanol–water partition coefficient (Wildman–Crippen LogP) is 3.94. The lowest BCUT2D eigenvalue weighted by molar-refractivity contribution is -0.136. The molecule has 0 aliphatic heterocycles. The maximum atomic E-state index is 13.7. The van der Waals surface area contributed by atoms with E-state index in [-0.39, 0.29) is 28.5 Å². The van der Waals surface area contributed by atoms with Gasteiger partial charge in [-0.1, -0.05) is 24.3 Å². The third-order valence-electron chi connectivity index (χ3n) is 4.93. The number of hydrogen-bond acceptors (Lipinski definition) is 5. The molecule has 0 radical (unpaired) electrons. The summed E-state index contributed by atoms with van der Waals surface area (Å²) in [5.74, 6) is -2.37. The largest absolute Gasteiger partial charge is 0.452 e. The average Bonchev–Trinajstić information content (AvgIpc) is 3.60. The van der Waals surface area contributed by atoms with Crippen LogP contribution < -0.4 is 10.6 Å². The van der Waals surface area contributed by atoms with Gasteiger partial charge in [0.15, 0.2) is 6.61 Å². The van der Waals surface area contributed by atoms with Crippen LogP contribution in [0.5, 0.6) is 0 Å². The number of rotatable bonds is 6. The molecule has 0 bridgehead atoms. The summed E-state index contributed by atoms with van der Waals surface area (Å²) in [6.45, 7) is -0.818. The molecule has 1 aromatic heterocycles. The van der Waals surface area contributed by atoms with Crippen LogP contribution in [0, 0.1) is 0 Å². The molecule has 170 valence electrons. The highest BCUT2D eigenvalue weighted by Crippen LogP contribution is 2.37. The number of aromatic nitrogens is 1. The van der Waals surface area contributed by atoms with E-state index in [0.717, 1.165) is 19.0 Å². The first-order valence-corrected chi connectivity index (χ1v) is 10.1. The number of benzene rings is 2. The number of para-hydroxylation sites is 1. The molecule has 3 aromatic rings. The van der Waals surface area contributed by atoms with Gasteiger partial charge in [0.25, 0.3) is 11.8 Å². The first-order valence-electron chi connectivity index (χ1n) is 10.1. The molecule has 0 saturated heterocycles. The van der Waals surface area contributed by atoms with Crippen molar-refractivity contribution in [1.29, 1.82) is 0 Å². The number of esters is 1. The Balaban J connectivity index is 1.43. The molecule has 2 N–H and O–H groups in total. The molecule has 1 fully saturated rings. The van der Waals surface area contributed by atoms with E-state index in [9.17, 15) is 27.6 Å². The van der Waals surface area contributed by atoms with Gasteiger partial charge in [0.2, 0.25) is 0 Å². The topological polar surface area (TPSA) is 97.4 Å². The normalized spacial score (nSPS) is 13.4. The smallest absolute Gasteiger partial charge is 0.417 e. The van der Waals surface area contributed by atoms with Crippen molar-refractivity contribution in [2.24, 2.45) is 0 Å². The molecule has 10 heteroatoms. The molecule has 33 heavy (non-hydrogen) atoms. The Morgan fingerprint density at radius 2 is 1.82 bits per heavy atom. The predicted molar refractivity (Wildman–Crippen MR) is 113 cm³/mol. The van der Waals surface area contributed by atoms with Gasteiger partial charge in [0.05, 0.1) is 16.6 Å². The first-order chi connectivity index (χ1) is 15.7. The summed E-state index contributed by atoms with van der Waals surface area (Å²) in [6, 6.07) is 11.8. The third kappa shape index (κ3) is 5.28. The van der Waals surface area contributed by atoms with E-state index in [1.807, 2.05) is 0 Å². The van der Waals surface area contributed by atoms with Crippen LogP contribution in [0.15, 0.2) is 54.7 Å². The molecule has 1 heterocycles. The number of hydrogen-bond donors (Lipinski definition) is 2. The fourth-order valence-corrected chi connectivity index (χ4v) is 3.24. The number of carbonyl (C=O) groups excluding carboxylic acids is 3. The molecule has 7 nitrogen and oxygen atoms in total. The van der Waals surface area contributed by atoms with Crippen molar-refractivity contribution in [3.8, 4) is 0 Å². The Bertz CT molecular complexity index is 1240.